The van der Waals surface area contributed by atoms with E-state index >= 15 is 0 Å². The van der Waals surface area contributed by atoms with Gasteiger partial charge in [-0.15, -0.1) is 0 Å². The number of benzene rings is 1. The van der Waals surface area contributed by atoms with Crippen molar-refractivity contribution in [3.8, 4) is 0 Å². The van der Waals surface area contributed by atoms with Crippen LogP contribution < -0.4 is 10.6 Å². The molecule has 2 N–H and O–H groups in total. The van der Waals surface area contributed by atoms with Crippen LogP contribution in [0.3, 0.4) is 0 Å². The van der Waals surface area contributed by atoms with Crippen LogP contribution in [0.4, 0.5) is 5.69 Å². The molecule has 1 amide bonds. The minimum Gasteiger partial charge on any atom is -0.376 e. The van der Waals surface area contributed by atoms with E-state index in [2.05, 4.69) is 16.7 Å². The zero-order valence-electron chi connectivity index (χ0n) is 11.4. The van der Waals surface area contributed by atoms with Gasteiger partial charge in [-0.1, -0.05) is 18.2 Å². The molecule has 2 heterocycles. The van der Waals surface area contributed by atoms with Crippen molar-refractivity contribution < 1.29 is 14.3 Å². The van der Waals surface area contributed by atoms with E-state index in [0.29, 0.717) is 26.4 Å². The van der Waals surface area contributed by atoms with Crippen molar-refractivity contribution in [3.63, 3.8) is 0 Å². The monoisotopic (exact) mass is 276 g/mol. The van der Waals surface area contributed by atoms with Gasteiger partial charge in [-0.05, 0) is 24.5 Å². The van der Waals surface area contributed by atoms with Crippen molar-refractivity contribution >= 4 is 11.6 Å². The number of hydrogen-bond donors (Lipinski definition) is 2. The second kappa shape index (κ2) is 6.35. The van der Waals surface area contributed by atoms with E-state index in [-0.39, 0.29) is 18.1 Å². The number of ether oxygens (including phenoxy) is 2. The van der Waals surface area contributed by atoms with Gasteiger partial charge in [0.1, 0.15) is 0 Å². The molecule has 0 spiro atoms. The van der Waals surface area contributed by atoms with Gasteiger partial charge in [0.15, 0.2) is 0 Å². The van der Waals surface area contributed by atoms with Crippen LogP contribution in [0.15, 0.2) is 24.3 Å². The van der Waals surface area contributed by atoms with Crippen molar-refractivity contribution in [1.29, 1.82) is 0 Å². The summed E-state index contributed by atoms with van der Waals surface area (Å²) >= 11 is 0. The van der Waals surface area contributed by atoms with Crippen molar-refractivity contribution in [3.05, 3.63) is 29.8 Å². The molecule has 20 heavy (non-hydrogen) atoms. The normalized spacial score (nSPS) is 26.5. The summed E-state index contributed by atoms with van der Waals surface area (Å²) in [5, 5.41) is 6.29. The number of aryl methyl sites for hydroxylation is 1. The molecule has 2 atom stereocenters. The summed E-state index contributed by atoms with van der Waals surface area (Å²) < 4.78 is 10.9. The standard InChI is InChI=1S/C15H20N2O3/c18-15-14(16-9-12-10-19-7-8-20-12)6-5-11-3-1-2-4-13(11)17-15/h1-4,12,14,16H,5-10H2,(H,17,18). The zero-order valence-corrected chi connectivity index (χ0v) is 11.4. The summed E-state index contributed by atoms with van der Waals surface area (Å²) in [7, 11) is 0. The molecule has 5 nitrogen and oxygen atoms in total. The molecular weight excluding hydrogens is 256 g/mol. The zero-order chi connectivity index (χ0) is 13.8. The van der Waals surface area contributed by atoms with Gasteiger partial charge in [-0.25, -0.2) is 0 Å². The summed E-state index contributed by atoms with van der Waals surface area (Å²) in [6.07, 6.45) is 1.74. The molecule has 2 aliphatic heterocycles. The van der Waals surface area contributed by atoms with Crippen LogP contribution in [0.2, 0.25) is 0 Å². The van der Waals surface area contributed by atoms with Crippen molar-refractivity contribution in [2.45, 2.75) is 25.0 Å². The number of para-hydroxylation sites is 1. The molecule has 3 rings (SSSR count). The Morgan fingerprint density at radius 3 is 3.05 bits per heavy atom. The first-order chi connectivity index (χ1) is 9.83. The Morgan fingerprint density at radius 2 is 2.20 bits per heavy atom. The number of fused-ring (bicyclic) bond motifs is 1. The van der Waals surface area contributed by atoms with E-state index in [1.54, 1.807) is 0 Å². The van der Waals surface area contributed by atoms with Gasteiger partial charge < -0.3 is 20.1 Å². The van der Waals surface area contributed by atoms with Gasteiger partial charge in [0.25, 0.3) is 0 Å². The van der Waals surface area contributed by atoms with Gasteiger partial charge in [-0.2, -0.15) is 0 Å². The van der Waals surface area contributed by atoms with Gasteiger partial charge in [0, 0.05) is 12.2 Å². The van der Waals surface area contributed by atoms with Crippen LogP contribution in [0, 0.1) is 0 Å². The first-order valence-corrected chi connectivity index (χ1v) is 7.14. The topological polar surface area (TPSA) is 59.6 Å². The lowest BCUT2D eigenvalue weighted by Crippen LogP contribution is -2.46. The highest BCUT2D eigenvalue weighted by Gasteiger charge is 2.24. The number of hydrogen-bond acceptors (Lipinski definition) is 4. The van der Waals surface area contributed by atoms with Crippen molar-refractivity contribution in [2.75, 3.05) is 31.7 Å². The predicted octanol–water partition coefficient (Wildman–Crippen LogP) is 0.945. The number of anilines is 1. The average molecular weight is 276 g/mol. The largest absolute Gasteiger partial charge is 0.376 e. The minimum atomic E-state index is -0.173. The molecule has 108 valence electrons. The number of carbonyl (C=O) groups excluding carboxylic acids is 1. The lowest BCUT2D eigenvalue weighted by atomic mass is 10.1. The first kappa shape index (κ1) is 13.5. The maximum absolute atomic E-state index is 12.2. The smallest absolute Gasteiger partial charge is 0.241 e. The van der Waals surface area contributed by atoms with Crippen LogP contribution in [-0.4, -0.2) is 44.4 Å². The molecule has 0 radical (unpaired) electrons. The molecule has 1 aromatic rings. The van der Waals surface area contributed by atoms with Gasteiger partial charge >= 0.3 is 0 Å². The van der Waals surface area contributed by atoms with Gasteiger partial charge in [0.2, 0.25) is 5.91 Å². The quantitative estimate of drug-likeness (QED) is 0.863. The maximum Gasteiger partial charge on any atom is 0.241 e. The number of amides is 1. The summed E-state index contributed by atoms with van der Waals surface area (Å²) in [4.78, 5) is 12.2. The maximum atomic E-state index is 12.2. The molecule has 0 bridgehead atoms. The fourth-order valence-electron chi connectivity index (χ4n) is 2.63. The highest BCUT2D eigenvalue weighted by molar-refractivity contribution is 5.96. The first-order valence-electron chi connectivity index (χ1n) is 7.14. The minimum absolute atomic E-state index is 0.0340. The number of rotatable bonds is 3. The Morgan fingerprint density at radius 1 is 1.30 bits per heavy atom. The summed E-state index contributed by atoms with van der Waals surface area (Å²) in [5.41, 5.74) is 2.13. The van der Waals surface area contributed by atoms with E-state index in [4.69, 9.17) is 9.47 Å². The van der Waals surface area contributed by atoms with Crippen molar-refractivity contribution in [2.24, 2.45) is 0 Å². The number of nitrogens with one attached hydrogen (secondary N) is 2. The van der Waals surface area contributed by atoms with Crippen molar-refractivity contribution in [1.82, 2.24) is 5.32 Å². The van der Waals surface area contributed by atoms with E-state index in [9.17, 15) is 4.79 Å². The average Bonchev–Trinajstić information content (AvgIpc) is 2.65. The van der Waals surface area contributed by atoms with Crippen LogP contribution in [0.5, 0.6) is 0 Å². The predicted molar refractivity (Wildman–Crippen MR) is 75.7 cm³/mol. The molecule has 0 aliphatic carbocycles. The van der Waals surface area contributed by atoms with Crippen LogP contribution in [0.25, 0.3) is 0 Å². The van der Waals surface area contributed by atoms with E-state index in [1.807, 2.05) is 18.2 Å². The summed E-state index contributed by atoms with van der Waals surface area (Å²) in [6.45, 7) is 2.54. The Balaban J connectivity index is 1.57. The van der Waals surface area contributed by atoms with Crippen LogP contribution in [-0.2, 0) is 20.7 Å². The Kier molecular flexibility index (Phi) is 4.30. The van der Waals surface area contributed by atoms with Crippen LogP contribution in [0.1, 0.15) is 12.0 Å². The second-order valence-electron chi connectivity index (χ2n) is 5.21. The van der Waals surface area contributed by atoms with E-state index in [0.717, 1.165) is 18.5 Å². The van der Waals surface area contributed by atoms with E-state index in [1.165, 1.54) is 5.56 Å². The summed E-state index contributed by atoms with van der Waals surface area (Å²) in [6, 6.07) is 7.79. The second-order valence-corrected chi connectivity index (χ2v) is 5.21. The molecule has 1 aromatic carbocycles. The molecule has 2 aliphatic rings. The van der Waals surface area contributed by atoms with Gasteiger partial charge in [-0.3, -0.25) is 4.79 Å². The third kappa shape index (κ3) is 3.17. The Labute approximate surface area is 118 Å². The third-order valence-corrected chi connectivity index (χ3v) is 3.77. The SMILES string of the molecule is O=C1Nc2ccccc2CCC1NCC1COCCO1. The molecule has 1 fully saturated rings. The lowest BCUT2D eigenvalue weighted by molar-refractivity contribution is -0.119. The van der Waals surface area contributed by atoms with Gasteiger partial charge in [0.05, 0.1) is 32.0 Å². The highest BCUT2D eigenvalue weighted by atomic mass is 16.6. The Hall–Kier alpha value is -1.43. The molecule has 2 unspecified atom stereocenters. The molecule has 0 aromatic heterocycles. The highest BCUT2D eigenvalue weighted by Crippen LogP contribution is 2.21. The fourth-order valence-corrected chi connectivity index (χ4v) is 2.63. The molecule has 0 saturated carbocycles. The number of carbonyl (C=O) groups is 1. The molecular formula is C15H20N2O3. The molecule has 5 heteroatoms. The Bertz CT molecular complexity index is 472. The fraction of sp³-hybridized carbons (Fsp3) is 0.533. The molecule has 1 saturated heterocycles. The third-order valence-electron chi connectivity index (χ3n) is 3.77. The van der Waals surface area contributed by atoms with E-state index < -0.39 is 0 Å². The summed E-state index contributed by atoms with van der Waals surface area (Å²) in [5.74, 6) is 0.0340. The lowest BCUT2D eigenvalue weighted by Gasteiger charge is -2.25. The van der Waals surface area contributed by atoms with Crippen LogP contribution >= 0.6 is 0 Å².